The predicted octanol–water partition coefficient (Wildman–Crippen LogP) is 4.20. The van der Waals surface area contributed by atoms with Crippen molar-refractivity contribution in [2.75, 3.05) is 13.2 Å². The minimum Gasteiger partial charge on any atom is -0.494 e. The van der Waals surface area contributed by atoms with E-state index < -0.39 is 0 Å². The van der Waals surface area contributed by atoms with Gasteiger partial charge in [-0.3, -0.25) is 4.79 Å². The molecular formula is C17H17BrClNO3. The van der Waals surface area contributed by atoms with Crippen LogP contribution in [-0.4, -0.2) is 19.1 Å². The Bertz CT molecular complexity index is 679. The molecule has 23 heavy (non-hydrogen) atoms. The van der Waals surface area contributed by atoms with Crippen molar-refractivity contribution in [3.05, 3.63) is 57.5 Å². The van der Waals surface area contributed by atoms with Crippen molar-refractivity contribution < 1.29 is 14.3 Å². The molecule has 2 rings (SSSR count). The van der Waals surface area contributed by atoms with Gasteiger partial charge in [0.25, 0.3) is 5.91 Å². The van der Waals surface area contributed by atoms with E-state index >= 15 is 0 Å². The third kappa shape index (κ3) is 5.77. The molecule has 1 N–H and O–H groups in total. The molecule has 0 saturated heterocycles. The largest absolute Gasteiger partial charge is 0.494 e. The molecule has 4 nitrogen and oxygen atoms in total. The van der Waals surface area contributed by atoms with Crippen molar-refractivity contribution in [1.82, 2.24) is 5.32 Å². The van der Waals surface area contributed by atoms with Crippen molar-refractivity contribution in [3.63, 3.8) is 0 Å². The average Bonchev–Trinajstić information content (AvgIpc) is 2.53. The first-order valence-electron chi connectivity index (χ1n) is 7.14. The Morgan fingerprint density at radius 3 is 2.78 bits per heavy atom. The zero-order valence-electron chi connectivity index (χ0n) is 12.6. The fourth-order valence-corrected chi connectivity index (χ4v) is 2.70. The van der Waals surface area contributed by atoms with E-state index in [4.69, 9.17) is 21.1 Å². The Hall–Kier alpha value is -1.72. The second kappa shape index (κ2) is 8.79. The van der Waals surface area contributed by atoms with E-state index in [9.17, 15) is 4.79 Å². The van der Waals surface area contributed by atoms with E-state index in [0.717, 1.165) is 11.3 Å². The van der Waals surface area contributed by atoms with Crippen molar-refractivity contribution >= 4 is 33.4 Å². The molecule has 0 spiro atoms. The van der Waals surface area contributed by atoms with Gasteiger partial charge in [0, 0.05) is 11.6 Å². The van der Waals surface area contributed by atoms with Gasteiger partial charge in [0.15, 0.2) is 6.61 Å². The molecule has 0 saturated carbocycles. The summed E-state index contributed by atoms with van der Waals surface area (Å²) in [5.41, 5.74) is 0.969. The smallest absolute Gasteiger partial charge is 0.258 e. The van der Waals surface area contributed by atoms with Gasteiger partial charge in [-0.2, -0.15) is 0 Å². The van der Waals surface area contributed by atoms with E-state index in [-0.39, 0.29) is 12.5 Å². The molecule has 2 aromatic carbocycles. The van der Waals surface area contributed by atoms with Crippen LogP contribution in [0.2, 0.25) is 5.02 Å². The molecule has 122 valence electrons. The Morgan fingerprint density at radius 1 is 1.22 bits per heavy atom. The number of nitrogens with one attached hydrogen (secondary N) is 1. The molecule has 0 fully saturated rings. The Balaban J connectivity index is 1.82. The second-order valence-corrected chi connectivity index (χ2v) is 6.01. The van der Waals surface area contributed by atoms with E-state index in [1.165, 1.54) is 0 Å². The standard InChI is InChI=1S/C17H17BrClNO3/c1-2-22-14-5-3-4-12(8-14)10-20-17(21)11-23-16-7-6-13(19)9-15(16)18/h3-9H,2,10-11H2,1H3,(H,20,21). The van der Waals surface area contributed by atoms with Gasteiger partial charge in [-0.25, -0.2) is 0 Å². The molecule has 0 bridgehead atoms. The minimum absolute atomic E-state index is 0.0641. The maximum Gasteiger partial charge on any atom is 0.258 e. The molecule has 0 unspecified atom stereocenters. The highest BCUT2D eigenvalue weighted by Crippen LogP contribution is 2.27. The average molecular weight is 399 g/mol. The van der Waals surface area contributed by atoms with Gasteiger partial charge < -0.3 is 14.8 Å². The number of carbonyl (C=O) groups excluding carboxylic acids is 1. The molecule has 0 atom stereocenters. The number of halogens is 2. The number of amides is 1. The third-order valence-electron chi connectivity index (χ3n) is 2.95. The summed E-state index contributed by atoms with van der Waals surface area (Å²) in [7, 11) is 0. The number of carbonyl (C=O) groups is 1. The molecular weight excluding hydrogens is 382 g/mol. The topological polar surface area (TPSA) is 47.6 Å². The third-order valence-corrected chi connectivity index (χ3v) is 3.81. The monoisotopic (exact) mass is 397 g/mol. The van der Waals surface area contributed by atoms with E-state index in [1.807, 2.05) is 31.2 Å². The summed E-state index contributed by atoms with van der Waals surface area (Å²) < 4.78 is 11.6. The van der Waals surface area contributed by atoms with Crippen LogP contribution in [-0.2, 0) is 11.3 Å². The highest BCUT2D eigenvalue weighted by Gasteiger charge is 2.06. The lowest BCUT2D eigenvalue weighted by Crippen LogP contribution is -2.28. The lowest BCUT2D eigenvalue weighted by atomic mass is 10.2. The fourth-order valence-electron chi connectivity index (χ4n) is 1.90. The Morgan fingerprint density at radius 2 is 2.04 bits per heavy atom. The van der Waals surface area contributed by atoms with Gasteiger partial charge in [0.1, 0.15) is 11.5 Å². The molecule has 0 aliphatic rings. The maximum absolute atomic E-state index is 11.9. The zero-order valence-corrected chi connectivity index (χ0v) is 15.0. The number of hydrogen-bond acceptors (Lipinski definition) is 3. The van der Waals surface area contributed by atoms with Crippen LogP contribution in [0.25, 0.3) is 0 Å². The second-order valence-electron chi connectivity index (χ2n) is 4.72. The van der Waals surface area contributed by atoms with Gasteiger partial charge in [0.2, 0.25) is 0 Å². The summed E-state index contributed by atoms with van der Waals surface area (Å²) in [5.74, 6) is 1.16. The van der Waals surface area contributed by atoms with Crippen molar-refractivity contribution in [3.8, 4) is 11.5 Å². The minimum atomic E-state index is -0.200. The van der Waals surface area contributed by atoms with Gasteiger partial charge in [-0.15, -0.1) is 0 Å². The van der Waals surface area contributed by atoms with Crippen LogP contribution in [0, 0.1) is 0 Å². The van der Waals surface area contributed by atoms with Crippen LogP contribution in [0.4, 0.5) is 0 Å². The first kappa shape index (κ1) is 17.6. The lowest BCUT2D eigenvalue weighted by molar-refractivity contribution is -0.123. The van der Waals surface area contributed by atoms with Crippen molar-refractivity contribution in [2.45, 2.75) is 13.5 Å². The van der Waals surface area contributed by atoms with Gasteiger partial charge in [0.05, 0.1) is 11.1 Å². The van der Waals surface area contributed by atoms with Crippen LogP contribution < -0.4 is 14.8 Å². The van der Waals surface area contributed by atoms with E-state index in [1.54, 1.807) is 18.2 Å². The number of hydrogen-bond donors (Lipinski definition) is 1. The predicted molar refractivity (Wildman–Crippen MR) is 94.1 cm³/mol. The highest BCUT2D eigenvalue weighted by molar-refractivity contribution is 9.10. The van der Waals surface area contributed by atoms with Crippen LogP contribution in [0.3, 0.4) is 0 Å². The van der Waals surface area contributed by atoms with Crippen LogP contribution in [0.5, 0.6) is 11.5 Å². The maximum atomic E-state index is 11.9. The summed E-state index contributed by atoms with van der Waals surface area (Å²) >= 11 is 9.20. The Labute approximate surface area is 148 Å². The van der Waals surface area contributed by atoms with Gasteiger partial charge in [-0.1, -0.05) is 23.7 Å². The van der Waals surface area contributed by atoms with Crippen LogP contribution >= 0.6 is 27.5 Å². The first-order valence-corrected chi connectivity index (χ1v) is 8.32. The molecule has 0 heterocycles. The highest BCUT2D eigenvalue weighted by atomic mass is 79.9. The summed E-state index contributed by atoms with van der Waals surface area (Å²) in [4.78, 5) is 11.9. The molecule has 0 radical (unpaired) electrons. The SMILES string of the molecule is CCOc1cccc(CNC(=O)COc2ccc(Cl)cc2Br)c1. The summed E-state index contributed by atoms with van der Waals surface area (Å²) in [6.45, 7) is 2.90. The normalized spacial score (nSPS) is 10.2. The Kier molecular flexibility index (Phi) is 6.74. The van der Waals surface area contributed by atoms with E-state index in [2.05, 4.69) is 21.2 Å². The van der Waals surface area contributed by atoms with Gasteiger partial charge in [-0.05, 0) is 58.7 Å². The van der Waals surface area contributed by atoms with E-state index in [0.29, 0.717) is 28.4 Å². The number of benzene rings is 2. The van der Waals surface area contributed by atoms with Crippen LogP contribution in [0.1, 0.15) is 12.5 Å². The van der Waals surface area contributed by atoms with Crippen LogP contribution in [0.15, 0.2) is 46.9 Å². The molecule has 1 amide bonds. The van der Waals surface area contributed by atoms with Crippen molar-refractivity contribution in [2.24, 2.45) is 0 Å². The zero-order chi connectivity index (χ0) is 16.7. The molecule has 6 heteroatoms. The summed E-state index contributed by atoms with van der Waals surface area (Å²) in [5, 5.41) is 3.41. The summed E-state index contributed by atoms with van der Waals surface area (Å²) in [6.07, 6.45) is 0. The summed E-state index contributed by atoms with van der Waals surface area (Å²) in [6, 6.07) is 12.8. The fraction of sp³-hybridized carbons (Fsp3) is 0.235. The number of ether oxygens (including phenoxy) is 2. The molecule has 0 aliphatic carbocycles. The molecule has 0 aromatic heterocycles. The number of rotatable bonds is 7. The quantitative estimate of drug-likeness (QED) is 0.760. The molecule has 0 aliphatic heterocycles. The lowest BCUT2D eigenvalue weighted by Gasteiger charge is -2.10. The molecule has 2 aromatic rings. The van der Waals surface area contributed by atoms with Crippen molar-refractivity contribution in [1.29, 1.82) is 0 Å². The first-order chi connectivity index (χ1) is 11.1. The van der Waals surface area contributed by atoms with Gasteiger partial charge >= 0.3 is 0 Å².